The minimum absolute atomic E-state index is 0.283. The monoisotopic (exact) mass is 239 g/mol. The van der Waals surface area contributed by atoms with Crippen LogP contribution in [0.5, 0.6) is 5.75 Å². The van der Waals surface area contributed by atoms with Crippen LogP contribution in [0.1, 0.15) is 18.1 Å². The van der Waals surface area contributed by atoms with Crippen LogP contribution in [-0.2, 0) is 6.42 Å². The van der Waals surface area contributed by atoms with E-state index in [1.165, 1.54) is 16.7 Å². The SMILES string of the molecule is Cc1ccc(N)c(-c2ccc3c(c2)CC(C)O3)c1. The molecule has 92 valence electrons. The molecular weight excluding hydrogens is 222 g/mol. The third kappa shape index (κ3) is 1.84. The van der Waals surface area contributed by atoms with Crippen LogP contribution in [0.3, 0.4) is 0 Å². The molecule has 0 aromatic heterocycles. The Labute approximate surface area is 107 Å². The summed E-state index contributed by atoms with van der Waals surface area (Å²) in [4.78, 5) is 0. The summed E-state index contributed by atoms with van der Waals surface area (Å²) in [5.74, 6) is 1.01. The number of rotatable bonds is 1. The van der Waals surface area contributed by atoms with Gasteiger partial charge in [-0.05, 0) is 49.2 Å². The zero-order valence-corrected chi connectivity index (χ0v) is 10.7. The number of hydrogen-bond acceptors (Lipinski definition) is 2. The van der Waals surface area contributed by atoms with Crippen molar-refractivity contribution in [1.82, 2.24) is 0 Å². The van der Waals surface area contributed by atoms with Crippen LogP contribution >= 0.6 is 0 Å². The van der Waals surface area contributed by atoms with E-state index in [1.54, 1.807) is 0 Å². The number of benzene rings is 2. The first-order valence-electron chi connectivity index (χ1n) is 6.29. The maximum absolute atomic E-state index is 6.06. The van der Waals surface area contributed by atoms with E-state index in [4.69, 9.17) is 10.5 Å². The van der Waals surface area contributed by atoms with E-state index in [0.29, 0.717) is 0 Å². The van der Waals surface area contributed by atoms with Crippen molar-refractivity contribution < 1.29 is 4.74 Å². The fourth-order valence-corrected chi connectivity index (χ4v) is 2.51. The number of fused-ring (bicyclic) bond motifs is 1. The molecule has 0 fully saturated rings. The predicted octanol–water partition coefficient (Wildman–Crippen LogP) is 3.57. The molecule has 18 heavy (non-hydrogen) atoms. The summed E-state index contributed by atoms with van der Waals surface area (Å²) < 4.78 is 5.72. The first kappa shape index (κ1) is 11.1. The lowest BCUT2D eigenvalue weighted by Gasteiger charge is -2.08. The quantitative estimate of drug-likeness (QED) is 0.772. The summed E-state index contributed by atoms with van der Waals surface area (Å²) in [7, 11) is 0. The van der Waals surface area contributed by atoms with Crippen molar-refractivity contribution in [3.05, 3.63) is 47.5 Å². The average Bonchev–Trinajstić information content (AvgIpc) is 2.71. The van der Waals surface area contributed by atoms with Gasteiger partial charge >= 0.3 is 0 Å². The topological polar surface area (TPSA) is 35.2 Å². The molecule has 0 aliphatic carbocycles. The summed E-state index contributed by atoms with van der Waals surface area (Å²) in [5, 5.41) is 0. The van der Waals surface area contributed by atoms with Gasteiger partial charge in [0, 0.05) is 17.7 Å². The van der Waals surface area contributed by atoms with Crippen LogP contribution in [0, 0.1) is 6.92 Å². The molecule has 0 spiro atoms. The van der Waals surface area contributed by atoms with Gasteiger partial charge in [0.25, 0.3) is 0 Å². The number of aryl methyl sites for hydroxylation is 1. The molecule has 1 heterocycles. The summed E-state index contributed by atoms with van der Waals surface area (Å²) in [6.07, 6.45) is 1.26. The van der Waals surface area contributed by atoms with Crippen molar-refractivity contribution in [2.24, 2.45) is 0 Å². The van der Waals surface area contributed by atoms with E-state index in [9.17, 15) is 0 Å². The third-order valence-corrected chi connectivity index (χ3v) is 3.42. The van der Waals surface area contributed by atoms with Crippen molar-refractivity contribution in [3.63, 3.8) is 0 Å². The van der Waals surface area contributed by atoms with Crippen molar-refractivity contribution >= 4 is 5.69 Å². The molecule has 0 bridgehead atoms. The highest BCUT2D eigenvalue weighted by molar-refractivity contribution is 5.78. The van der Waals surface area contributed by atoms with Gasteiger partial charge in [-0.1, -0.05) is 17.7 Å². The summed E-state index contributed by atoms with van der Waals surface area (Å²) in [5.41, 5.74) is 11.7. The molecule has 1 aliphatic rings. The fraction of sp³-hybridized carbons (Fsp3) is 0.250. The van der Waals surface area contributed by atoms with E-state index >= 15 is 0 Å². The Morgan fingerprint density at radius 3 is 2.83 bits per heavy atom. The highest BCUT2D eigenvalue weighted by atomic mass is 16.5. The molecule has 1 aliphatic heterocycles. The van der Waals surface area contributed by atoms with Crippen LogP contribution in [0.2, 0.25) is 0 Å². The van der Waals surface area contributed by atoms with Gasteiger partial charge in [-0.15, -0.1) is 0 Å². The van der Waals surface area contributed by atoms with Gasteiger partial charge < -0.3 is 10.5 Å². The van der Waals surface area contributed by atoms with E-state index in [2.05, 4.69) is 38.1 Å². The van der Waals surface area contributed by atoms with E-state index in [-0.39, 0.29) is 6.10 Å². The molecule has 0 saturated carbocycles. The van der Waals surface area contributed by atoms with Crippen LogP contribution in [0.15, 0.2) is 36.4 Å². The van der Waals surface area contributed by atoms with Crippen molar-refractivity contribution in [2.75, 3.05) is 5.73 Å². The fourth-order valence-electron chi connectivity index (χ4n) is 2.51. The molecule has 2 aromatic rings. The molecule has 0 amide bonds. The van der Waals surface area contributed by atoms with Crippen molar-refractivity contribution in [2.45, 2.75) is 26.4 Å². The van der Waals surface area contributed by atoms with Gasteiger partial charge in [-0.2, -0.15) is 0 Å². The molecular formula is C16H17NO. The summed E-state index contributed by atoms with van der Waals surface area (Å²) >= 11 is 0. The highest BCUT2D eigenvalue weighted by Crippen LogP contribution is 2.34. The molecule has 0 radical (unpaired) electrons. The zero-order valence-electron chi connectivity index (χ0n) is 10.7. The van der Waals surface area contributed by atoms with Gasteiger partial charge in [-0.25, -0.2) is 0 Å². The molecule has 1 atom stereocenters. The second-order valence-electron chi connectivity index (χ2n) is 5.05. The molecule has 2 nitrogen and oxygen atoms in total. The molecule has 0 saturated heterocycles. The van der Waals surface area contributed by atoms with Crippen molar-refractivity contribution in [1.29, 1.82) is 0 Å². The van der Waals surface area contributed by atoms with Crippen LogP contribution in [-0.4, -0.2) is 6.10 Å². The number of nitrogens with two attached hydrogens (primary N) is 1. The first-order chi connectivity index (χ1) is 8.63. The molecule has 2 aromatic carbocycles. The smallest absolute Gasteiger partial charge is 0.123 e. The van der Waals surface area contributed by atoms with Crippen LogP contribution < -0.4 is 10.5 Å². The van der Waals surface area contributed by atoms with Gasteiger partial charge in [0.05, 0.1) is 0 Å². The maximum atomic E-state index is 6.06. The first-order valence-corrected chi connectivity index (χ1v) is 6.29. The van der Waals surface area contributed by atoms with Crippen LogP contribution in [0.25, 0.3) is 11.1 Å². The number of hydrogen-bond donors (Lipinski definition) is 1. The zero-order chi connectivity index (χ0) is 12.7. The van der Waals surface area contributed by atoms with Gasteiger partial charge in [0.1, 0.15) is 11.9 Å². The lowest BCUT2D eigenvalue weighted by molar-refractivity contribution is 0.254. The van der Waals surface area contributed by atoms with E-state index < -0.39 is 0 Å². The molecule has 2 heteroatoms. The number of nitrogen functional groups attached to an aromatic ring is 1. The Morgan fingerprint density at radius 2 is 2.00 bits per heavy atom. The normalized spacial score (nSPS) is 17.3. The lowest BCUT2D eigenvalue weighted by Crippen LogP contribution is -2.05. The minimum Gasteiger partial charge on any atom is -0.490 e. The standard InChI is InChI=1S/C16H17NO/c1-10-3-5-15(17)14(7-10)12-4-6-16-13(9-12)8-11(2)18-16/h3-7,9,11H,8,17H2,1-2H3. The molecule has 1 unspecified atom stereocenters. The second kappa shape index (κ2) is 4.05. The summed E-state index contributed by atoms with van der Waals surface area (Å²) in [6, 6.07) is 12.5. The average molecular weight is 239 g/mol. The molecule has 2 N–H and O–H groups in total. The number of ether oxygens (including phenoxy) is 1. The van der Waals surface area contributed by atoms with E-state index in [0.717, 1.165) is 23.4 Å². The summed E-state index contributed by atoms with van der Waals surface area (Å²) in [6.45, 7) is 4.18. The Bertz CT molecular complexity index is 604. The predicted molar refractivity (Wildman–Crippen MR) is 74.8 cm³/mol. The van der Waals surface area contributed by atoms with Gasteiger partial charge in [0.15, 0.2) is 0 Å². The Hall–Kier alpha value is -1.96. The lowest BCUT2D eigenvalue weighted by atomic mass is 9.98. The largest absolute Gasteiger partial charge is 0.490 e. The second-order valence-corrected chi connectivity index (χ2v) is 5.05. The highest BCUT2D eigenvalue weighted by Gasteiger charge is 2.19. The number of anilines is 1. The van der Waals surface area contributed by atoms with Crippen LogP contribution in [0.4, 0.5) is 5.69 Å². The Kier molecular flexibility index (Phi) is 2.51. The minimum atomic E-state index is 0.283. The molecule has 3 rings (SSSR count). The van der Waals surface area contributed by atoms with E-state index in [1.807, 2.05) is 12.1 Å². The maximum Gasteiger partial charge on any atom is 0.123 e. The Balaban J connectivity index is 2.08. The van der Waals surface area contributed by atoms with Gasteiger partial charge in [-0.3, -0.25) is 0 Å². The Morgan fingerprint density at radius 1 is 1.17 bits per heavy atom. The van der Waals surface area contributed by atoms with Gasteiger partial charge in [0.2, 0.25) is 0 Å². The third-order valence-electron chi connectivity index (χ3n) is 3.42. The van der Waals surface area contributed by atoms with Crippen molar-refractivity contribution in [3.8, 4) is 16.9 Å².